The molecule has 4 heterocycles. The highest BCUT2D eigenvalue weighted by atomic mass is 32.1. The van der Waals surface area contributed by atoms with Crippen LogP contribution in [0.3, 0.4) is 0 Å². The summed E-state index contributed by atoms with van der Waals surface area (Å²) in [7, 11) is 2.97. The van der Waals surface area contributed by atoms with Crippen LogP contribution in [0, 0.1) is 0 Å². The summed E-state index contributed by atoms with van der Waals surface area (Å²) in [5, 5.41) is 3.26. The number of carbonyl (C=O) groups excluding carboxylic acids is 2. The van der Waals surface area contributed by atoms with Crippen LogP contribution in [0.4, 0.5) is 0 Å². The van der Waals surface area contributed by atoms with Crippen LogP contribution in [-0.2, 0) is 33.8 Å². The first-order valence-corrected chi connectivity index (χ1v) is 13.3. The molecule has 0 saturated carbocycles. The lowest BCUT2D eigenvalue weighted by Gasteiger charge is -2.25. The summed E-state index contributed by atoms with van der Waals surface area (Å²) < 4.78 is 18.7. The van der Waals surface area contributed by atoms with Crippen molar-refractivity contribution in [1.29, 1.82) is 0 Å². The number of thiophene rings is 1. The number of nitrogens with one attached hydrogen (secondary N) is 1. The Labute approximate surface area is 222 Å². The minimum Gasteiger partial charge on any atom is -0.493 e. The maximum Gasteiger partial charge on any atom is 0.337 e. The molecule has 2 aromatic heterocycles. The number of fused-ring (bicyclic) bond motifs is 3. The van der Waals surface area contributed by atoms with Crippen molar-refractivity contribution in [1.82, 2.24) is 19.4 Å². The quantitative estimate of drug-likeness (QED) is 0.480. The molecule has 1 N–H and O–H groups in total. The van der Waals surface area contributed by atoms with Crippen molar-refractivity contribution in [3.05, 3.63) is 49.5 Å². The van der Waals surface area contributed by atoms with Crippen LogP contribution >= 0.6 is 11.3 Å². The van der Waals surface area contributed by atoms with Crippen LogP contribution in [0.5, 0.6) is 11.5 Å². The molecule has 12 heteroatoms. The molecule has 202 valence electrons. The second kappa shape index (κ2) is 10.6. The van der Waals surface area contributed by atoms with Gasteiger partial charge >= 0.3 is 5.69 Å². The number of nitrogens with zero attached hydrogens (tertiary/aromatic N) is 3. The van der Waals surface area contributed by atoms with Gasteiger partial charge in [0.25, 0.3) is 5.56 Å². The van der Waals surface area contributed by atoms with Gasteiger partial charge in [0.15, 0.2) is 11.5 Å². The zero-order chi connectivity index (χ0) is 27.0. The molecule has 1 unspecified atom stereocenters. The van der Waals surface area contributed by atoms with Crippen molar-refractivity contribution < 1.29 is 23.8 Å². The van der Waals surface area contributed by atoms with Crippen molar-refractivity contribution in [2.24, 2.45) is 0 Å². The first kappa shape index (κ1) is 26.0. The van der Waals surface area contributed by atoms with Crippen LogP contribution in [0.2, 0.25) is 0 Å². The van der Waals surface area contributed by atoms with E-state index < -0.39 is 11.2 Å². The van der Waals surface area contributed by atoms with Crippen LogP contribution in [-0.4, -0.2) is 65.9 Å². The number of hydrogen-bond donors (Lipinski definition) is 1. The summed E-state index contributed by atoms with van der Waals surface area (Å²) in [4.78, 5) is 55.7. The van der Waals surface area contributed by atoms with Crippen molar-refractivity contribution >= 4 is 33.4 Å². The molecule has 0 radical (unpaired) electrons. The Morgan fingerprint density at radius 1 is 1.18 bits per heavy atom. The smallest absolute Gasteiger partial charge is 0.337 e. The Balaban J connectivity index is 1.64. The molecule has 0 aliphatic carbocycles. The highest BCUT2D eigenvalue weighted by Gasteiger charge is 2.28. The number of rotatable bonds is 7. The first-order chi connectivity index (χ1) is 18.3. The van der Waals surface area contributed by atoms with Crippen molar-refractivity contribution in [2.75, 3.05) is 33.9 Å². The van der Waals surface area contributed by atoms with Crippen LogP contribution in [0.25, 0.3) is 15.9 Å². The molecule has 1 fully saturated rings. The lowest BCUT2D eigenvalue weighted by Crippen LogP contribution is -2.42. The molecule has 1 saturated heterocycles. The molecule has 2 aliphatic heterocycles. The van der Waals surface area contributed by atoms with Crippen LogP contribution in [0.1, 0.15) is 30.2 Å². The van der Waals surface area contributed by atoms with E-state index in [1.165, 1.54) is 37.0 Å². The number of methoxy groups -OCH3 is 2. The molecule has 11 nitrogen and oxygen atoms in total. The summed E-state index contributed by atoms with van der Waals surface area (Å²) in [5.41, 5.74) is 0.00967. The molecule has 0 spiro atoms. The molecular formula is C26H30N4O7S. The fraction of sp³-hybridized carbons (Fsp3) is 0.462. The molecule has 2 aliphatic rings. The monoisotopic (exact) mass is 542 g/mol. The van der Waals surface area contributed by atoms with E-state index in [0.717, 1.165) is 27.8 Å². The second-order valence-electron chi connectivity index (χ2n) is 9.36. The molecule has 1 aromatic carbocycles. The zero-order valence-corrected chi connectivity index (χ0v) is 22.4. The van der Waals surface area contributed by atoms with Gasteiger partial charge in [-0.1, -0.05) is 0 Å². The van der Waals surface area contributed by atoms with Gasteiger partial charge in [-0.05, 0) is 37.0 Å². The highest BCUT2D eigenvalue weighted by molar-refractivity contribution is 7.18. The summed E-state index contributed by atoms with van der Waals surface area (Å²) in [6, 6.07) is 4.79. The van der Waals surface area contributed by atoms with Gasteiger partial charge in [0.2, 0.25) is 11.8 Å². The standard InChI is InChI=1S/C26H30N4O7S/c1-15(31)28-9-8-18-21(13-28)38-25-23(18)24(33)30(16-6-7-19(35-2)20(11-16)36-3)26(34)29(25)14-22(32)27-12-17-5-4-10-37-17/h6-7,11,17H,4-5,8-10,12-14H2,1-3H3,(H,27,32). The topological polar surface area (TPSA) is 121 Å². The molecule has 0 bridgehead atoms. The highest BCUT2D eigenvalue weighted by Crippen LogP contribution is 2.34. The van der Waals surface area contributed by atoms with Crippen molar-refractivity contribution in [2.45, 2.75) is 45.4 Å². The minimum absolute atomic E-state index is 0.0389. The van der Waals surface area contributed by atoms with Crippen LogP contribution in [0.15, 0.2) is 27.8 Å². The van der Waals surface area contributed by atoms with E-state index in [0.29, 0.717) is 60.1 Å². The number of hydrogen-bond acceptors (Lipinski definition) is 8. The molecule has 3 aromatic rings. The number of carbonyl (C=O) groups is 2. The Morgan fingerprint density at radius 3 is 2.66 bits per heavy atom. The maximum absolute atomic E-state index is 13.9. The fourth-order valence-electron chi connectivity index (χ4n) is 5.04. The van der Waals surface area contributed by atoms with E-state index in [2.05, 4.69) is 5.32 Å². The summed E-state index contributed by atoms with van der Waals surface area (Å²) >= 11 is 1.29. The van der Waals surface area contributed by atoms with Gasteiger partial charge in [-0.2, -0.15) is 0 Å². The maximum atomic E-state index is 13.9. The third kappa shape index (κ3) is 4.69. The van der Waals surface area contributed by atoms with E-state index in [1.807, 2.05) is 0 Å². The number of ether oxygens (including phenoxy) is 3. The Hall–Kier alpha value is -3.64. The van der Waals surface area contributed by atoms with Gasteiger partial charge in [-0.25, -0.2) is 9.36 Å². The van der Waals surface area contributed by atoms with Gasteiger partial charge in [-0.15, -0.1) is 11.3 Å². The predicted molar refractivity (Wildman–Crippen MR) is 142 cm³/mol. The molecule has 5 rings (SSSR count). The SMILES string of the molecule is COc1ccc(-n2c(=O)c3c4c(sc3n(CC(=O)NCC3CCCO3)c2=O)CN(C(C)=O)CC4)cc1OC. The minimum atomic E-state index is -0.635. The molecular weight excluding hydrogens is 512 g/mol. The third-order valence-electron chi connectivity index (χ3n) is 7.05. The Morgan fingerprint density at radius 2 is 1.97 bits per heavy atom. The second-order valence-corrected chi connectivity index (χ2v) is 10.4. The van der Waals surface area contributed by atoms with E-state index in [-0.39, 0.29) is 24.5 Å². The average molecular weight is 543 g/mol. The summed E-state index contributed by atoms with van der Waals surface area (Å²) in [6.45, 7) is 3.13. The zero-order valence-electron chi connectivity index (χ0n) is 21.6. The van der Waals surface area contributed by atoms with Crippen molar-refractivity contribution in [3.63, 3.8) is 0 Å². The number of amides is 2. The fourth-order valence-corrected chi connectivity index (χ4v) is 6.38. The van der Waals surface area contributed by atoms with Gasteiger partial charge in [-0.3, -0.25) is 19.0 Å². The lowest BCUT2D eigenvalue weighted by atomic mass is 10.1. The molecule has 38 heavy (non-hydrogen) atoms. The summed E-state index contributed by atoms with van der Waals surface area (Å²) in [6.07, 6.45) is 2.27. The van der Waals surface area contributed by atoms with Gasteiger partial charge < -0.3 is 24.4 Å². The third-order valence-corrected chi connectivity index (χ3v) is 8.29. The van der Waals surface area contributed by atoms with Gasteiger partial charge in [0, 0.05) is 37.6 Å². The van der Waals surface area contributed by atoms with Crippen molar-refractivity contribution in [3.8, 4) is 17.2 Å². The number of aromatic nitrogens is 2. The average Bonchev–Trinajstić information content (AvgIpc) is 3.57. The normalized spacial score (nSPS) is 16.9. The predicted octanol–water partition coefficient (Wildman–Crippen LogP) is 1.43. The summed E-state index contributed by atoms with van der Waals surface area (Å²) in [5.74, 6) is 0.415. The molecule has 2 amide bonds. The first-order valence-electron chi connectivity index (χ1n) is 12.5. The van der Waals surface area contributed by atoms with Gasteiger partial charge in [0.05, 0.1) is 37.9 Å². The Kier molecular flexibility index (Phi) is 7.26. The van der Waals surface area contributed by atoms with E-state index >= 15 is 0 Å². The number of benzene rings is 1. The largest absolute Gasteiger partial charge is 0.493 e. The van der Waals surface area contributed by atoms with E-state index in [1.54, 1.807) is 23.1 Å². The lowest BCUT2D eigenvalue weighted by molar-refractivity contribution is -0.129. The van der Waals surface area contributed by atoms with Gasteiger partial charge in [0.1, 0.15) is 11.4 Å². The van der Waals surface area contributed by atoms with E-state index in [4.69, 9.17) is 14.2 Å². The van der Waals surface area contributed by atoms with E-state index in [9.17, 15) is 19.2 Å². The van der Waals surface area contributed by atoms with Crippen LogP contribution < -0.4 is 26.0 Å². The Bertz CT molecular complexity index is 1520. The molecule has 1 atom stereocenters.